The van der Waals surface area contributed by atoms with Crippen molar-refractivity contribution in [2.24, 2.45) is 18.4 Å². The van der Waals surface area contributed by atoms with Crippen molar-refractivity contribution in [3.8, 4) is 16.9 Å². The lowest BCUT2D eigenvalue weighted by Gasteiger charge is -2.52. The highest BCUT2D eigenvalue weighted by molar-refractivity contribution is 7.22. The lowest BCUT2D eigenvalue weighted by atomic mass is 9.58. The van der Waals surface area contributed by atoms with Crippen LogP contribution in [0.1, 0.15) is 87.7 Å². The van der Waals surface area contributed by atoms with Gasteiger partial charge < -0.3 is 20.1 Å². The maximum atomic E-state index is 13.6. The number of para-hydroxylation sites is 1. The number of anilines is 3. The summed E-state index contributed by atoms with van der Waals surface area (Å²) in [5.41, 5.74) is 7.86. The van der Waals surface area contributed by atoms with E-state index in [0.29, 0.717) is 78.5 Å². The van der Waals surface area contributed by atoms with Crippen molar-refractivity contribution in [2.75, 3.05) is 48.3 Å². The highest BCUT2D eigenvalue weighted by atomic mass is 32.1. The number of benzene rings is 4. The van der Waals surface area contributed by atoms with Gasteiger partial charge in [0.1, 0.15) is 11.6 Å². The Morgan fingerprint density at radius 3 is 2.51 bits per heavy atom. The van der Waals surface area contributed by atoms with Crippen LogP contribution in [-0.2, 0) is 34.4 Å². The van der Waals surface area contributed by atoms with E-state index in [9.17, 15) is 29.1 Å². The van der Waals surface area contributed by atoms with Crippen LogP contribution in [0.4, 0.5) is 16.6 Å². The van der Waals surface area contributed by atoms with E-state index in [0.717, 1.165) is 87.9 Å². The lowest BCUT2D eigenvalue weighted by molar-refractivity contribution is -0.134. The van der Waals surface area contributed by atoms with Gasteiger partial charge in [0.15, 0.2) is 10.8 Å². The summed E-state index contributed by atoms with van der Waals surface area (Å²) in [6.07, 6.45) is 5.60. The summed E-state index contributed by atoms with van der Waals surface area (Å²) in [4.78, 5) is 77.3. The zero-order valence-electron chi connectivity index (χ0n) is 39.5. The Morgan fingerprint density at radius 1 is 0.901 bits per heavy atom. The van der Waals surface area contributed by atoms with E-state index < -0.39 is 11.9 Å². The van der Waals surface area contributed by atoms with Crippen LogP contribution < -0.4 is 25.6 Å². The number of aryl methyl sites for hydroxylation is 2. The van der Waals surface area contributed by atoms with E-state index in [2.05, 4.69) is 30.9 Å². The van der Waals surface area contributed by atoms with Crippen molar-refractivity contribution >= 4 is 78.7 Å². The Balaban J connectivity index is 0.664. The number of imide groups is 1. The maximum absolute atomic E-state index is 13.6. The van der Waals surface area contributed by atoms with Crippen LogP contribution >= 0.6 is 11.3 Å². The molecule has 2 saturated heterocycles. The smallest absolute Gasteiger partial charge is 0.355 e. The number of carbonyl (C=O) groups is 5. The van der Waals surface area contributed by atoms with Crippen LogP contribution in [0.3, 0.4) is 0 Å². The van der Waals surface area contributed by atoms with Crippen LogP contribution in [-0.4, -0.2) is 92.1 Å². The fraction of sp³-hybridized carbons (Fsp3) is 0.333. The summed E-state index contributed by atoms with van der Waals surface area (Å²) in [5, 5.41) is 24.9. The van der Waals surface area contributed by atoms with Gasteiger partial charge in [-0.2, -0.15) is 5.10 Å². The molecule has 4 N–H and O–H groups in total. The van der Waals surface area contributed by atoms with Crippen LogP contribution in [0, 0.1) is 18.3 Å². The van der Waals surface area contributed by atoms with Crippen molar-refractivity contribution in [3.63, 3.8) is 0 Å². The number of nitrogens with one attached hydrogen (secondary N) is 3. The van der Waals surface area contributed by atoms with Gasteiger partial charge in [0, 0.05) is 48.8 Å². The van der Waals surface area contributed by atoms with Gasteiger partial charge in [-0.1, -0.05) is 41.7 Å². The van der Waals surface area contributed by atoms with Crippen LogP contribution in [0.2, 0.25) is 0 Å². The van der Waals surface area contributed by atoms with E-state index in [1.165, 1.54) is 11.3 Å². The van der Waals surface area contributed by atoms with Gasteiger partial charge in [-0.3, -0.25) is 39.4 Å². The largest absolute Gasteiger partial charge is 0.493 e. The molecule has 1 atom stereocenters. The van der Waals surface area contributed by atoms with Crippen molar-refractivity contribution in [2.45, 2.75) is 64.3 Å². The summed E-state index contributed by atoms with van der Waals surface area (Å²) < 4.78 is 9.03. The average molecular weight is 972 g/mol. The third kappa shape index (κ3) is 9.22. The number of fused-ring (bicyclic) bond motifs is 3. The summed E-state index contributed by atoms with van der Waals surface area (Å²) >= 11 is 1.43. The first-order valence-electron chi connectivity index (χ1n) is 24.2. The molecule has 11 rings (SSSR count). The van der Waals surface area contributed by atoms with Crippen LogP contribution in [0.25, 0.3) is 32.2 Å². The number of rotatable bonds is 12. The molecule has 1 aliphatic carbocycles. The molecule has 7 aromatic rings. The third-order valence-electron chi connectivity index (χ3n) is 14.9. The number of amides is 4. The molecule has 17 heteroatoms. The molecule has 6 heterocycles. The van der Waals surface area contributed by atoms with Crippen molar-refractivity contribution in [1.82, 2.24) is 30.0 Å². The average Bonchev–Trinajstić information content (AvgIpc) is 3.91. The summed E-state index contributed by atoms with van der Waals surface area (Å²) in [5.74, 6) is -0.809. The predicted molar refractivity (Wildman–Crippen MR) is 271 cm³/mol. The van der Waals surface area contributed by atoms with E-state index in [1.807, 2.05) is 110 Å². The number of carbonyl (C=O) groups excluding carboxylic acids is 4. The molecule has 0 bridgehead atoms. The number of aromatic nitrogens is 4. The second-order valence-electron chi connectivity index (χ2n) is 19.6. The zero-order valence-corrected chi connectivity index (χ0v) is 40.3. The minimum absolute atomic E-state index is 0.0375. The molecule has 4 amide bonds. The Kier molecular flexibility index (Phi) is 12.1. The Morgan fingerprint density at radius 2 is 1.72 bits per heavy atom. The summed E-state index contributed by atoms with van der Waals surface area (Å²) in [6, 6.07) is 28.6. The molecular formula is C54H53N9O7S. The molecule has 3 fully saturated rings. The molecule has 4 aromatic carbocycles. The third-order valence-corrected chi connectivity index (χ3v) is 15.8. The zero-order chi connectivity index (χ0) is 49.0. The highest BCUT2D eigenvalue weighted by Gasteiger charge is 2.46. The molecule has 4 aliphatic rings. The van der Waals surface area contributed by atoms with Crippen LogP contribution in [0.15, 0.2) is 91.0 Å². The molecule has 3 aliphatic heterocycles. The molecule has 1 spiro atoms. The fourth-order valence-electron chi connectivity index (χ4n) is 11.2. The number of piperidine rings is 2. The lowest BCUT2D eigenvalue weighted by Crippen LogP contribution is -2.49. The molecule has 1 saturated carbocycles. The van der Waals surface area contributed by atoms with Gasteiger partial charge in [-0.15, -0.1) is 0 Å². The SMILES string of the molecule is Cc1cc(OCC2CC3(CCN(CC(=O)Nc4ccc5c(C6CCC(=O)NC6=O)nn(C)c5c4)CC3)C2)ccc1-c1ccc(N2CCc3cccc(C(=O)Nc4nc5ccccc5s4)c3C2)nc1C(=O)O. The second-order valence-corrected chi connectivity index (χ2v) is 20.6. The summed E-state index contributed by atoms with van der Waals surface area (Å²) in [6.45, 7) is 5.59. The molecule has 0 radical (unpaired) electrons. The number of ether oxygens (including phenoxy) is 1. The predicted octanol–water partition coefficient (Wildman–Crippen LogP) is 8.10. The molecule has 71 heavy (non-hydrogen) atoms. The Hall–Kier alpha value is -7.50. The second kappa shape index (κ2) is 18.7. The van der Waals surface area contributed by atoms with Crippen molar-refractivity contribution < 1.29 is 33.8 Å². The van der Waals surface area contributed by atoms with Gasteiger partial charge in [0.05, 0.1) is 40.5 Å². The van der Waals surface area contributed by atoms with Crippen molar-refractivity contribution in [3.05, 3.63) is 125 Å². The first-order valence-corrected chi connectivity index (χ1v) is 25.0. The van der Waals surface area contributed by atoms with E-state index in [4.69, 9.17) is 9.72 Å². The topological polar surface area (TPSA) is 201 Å². The van der Waals surface area contributed by atoms with Crippen molar-refractivity contribution in [1.29, 1.82) is 0 Å². The number of hydrogen-bond donors (Lipinski definition) is 4. The number of carboxylic acid groups (broad SMARTS) is 1. The van der Waals surface area contributed by atoms with E-state index >= 15 is 0 Å². The highest BCUT2D eigenvalue weighted by Crippen LogP contribution is 2.52. The minimum atomic E-state index is -1.12. The van der Waals surface area contributed by atoms with Crippen LogP contribution in [0.5, 0.6) is 5.75 Å². The Labute approximate surface area is 413 Å². The number of aromatic carboxylic acids is 1. The number of likely N-dealkylation sites (tertiary alicyclic amines) is 1. The molecule has 16 nitrogen and oxygen atoms in total. The number of hydrogen-bond acceptors (Lipinski definition) is 12. The molecule has 1 unspecified atom stereocenters. The number of pyridine rings is 1. The van der Waals surface area contributed by atoms with Gasteiger partial charge in [0.2, 0.25) is 17.7 Å². The first-order chi connectivity index (χ1) is 34.3. The Bertz CT molecular complexity index is 3260. The van der Waals surface area contributed by atoms with E-state index in [-0.39, 0.29) is 41.2 Å². The molecule has 3 aromatic heterocycles. The quantitative estimate of drug-likeness (QED) is 0.0859. The molecule has 362 valence electrons. The van der Waals surface area contributed by atoms with E-state index in [1.54, 1.807) is 4.68 Å². The number of thiazole rings is 1. The monoisotopic (exact) mass is 971 g/mol. The molecular weight excluding hydrogens is 919 g/mol. The maximum Gasteiger partial charge on any atom is 0.355 e. The first kappa shape index (κ1) is 45.9. The normalized spacial score (nSPS) is 18.0. The minimum Gasteiger partial charge on any atom is -0.493 e. The fourth-order valence-corrected chi connectivity index (χ4v) is 12.0. The number of carboxylic acids is 1. The standard InChI is InChI=1S/C54H53N9O7S/c1-31-24-35(70-30-32-26-54(27-32)19-22-62(23-20-54)29-47(65)55-34-10-12-39-43(25-34)61(2)60-48(39)40-15-17-46(64)58-51(40)67)11-13-36(31)37-14-16-45(57-49(37)52(68)69)63-21-18-33-6-5-7-38(41(33)28-63)50(66)59-53-56-42-8-3-4-9-44(42)71-53/h3-14,16,24-25,32,40H,15,17-23,26-30H2,1-2H3,(H,55,65)(H,68,69)(H,56,59,66)(H,58,64,67). The number of nitrogens with zero attached hydrogens (tertiary/aromatic N) is 6. The van der Waals surface area contributed by atoms with Gasteiger partial charge in [-0.25, -0.2) is 14.8 Å². The van der Waals surface area contributed by atoms with Gasteiger partial charge >= 0.3 is 5.97 Å². The van der Waals surface area contributed by atoms with Gasteiger partial charge in [-0.05, 0) is 153 Å². The van der Waals surface area contributed by atoms with Gasteiger partial charge in [0.25, 0.3) is 5.91 Å². The summed E-state index contributed by atoms with van der Waals surface area (Å²) in [7, 11) is 1.81.